The Balaban J connectivity index is 1.74. The topological polar surface area (TPSA) is 57.6 Å². The molecule has 1 saturated heterocycles. The number of Topliss-reactive ketones (excluding diaryl/α,β-unsaturated/α-hetero) is 1. The van der Waals surface area contributed by atoms with Crippen LogP contribution < -0.4 is 0 Å². The molecule has 2 aliphatic rings. The summed E-state index contributed by atoms with van der Waals surface area (Å²) in [6.45, 7) is 4.72. The molecule has 0 spiro atoms. The maximum absolute atomic E-state index is 12.9. The van der Waals surface area contributed by atoms with Crippen LogP contribution in [0.3, 0.4) is 0 Å². The number of carbonyl (C=O) groups excluding carboxylic acids is 1. The number of hydrogen-bond donors (Lipinski definition) is 1. The Kier molecular flexibility index (Phi) is 5.34. The number of ketones is 1. The summed E-state index contributed by atoms with van der Waals surface area (Å²) in [5.74, 6) is -0.725. The van der Waals surface area contributed by atoms with Gasteiger partial charge in [-0.1, -0.05) is 19.1 Å². The van der Waals surface area contributed by atoms with Crippen molar-refractivity contribution in [2.45, 2.75) is 45.4 Å². The first-order valence-electron chi connectivity index (χ1n) is 9.13. The standard InChI is InChI=1S/C20H27NO3/c1-14-4-3-9-21(12-14)13-18(11-19(22)23)20(24)17-8-7-15-5-2-6-16(15)10-17/h7-8,10,14,18H,2-6,9,11-13H2,1H3,(H,22,23). The first-order valence-corrected chi connectivity index (χ1v) is 9.13. The number of nitrogens with zero attached hydrogens (tertiary/aromatic N) is 1. The fourth-order valence-electron chi connectivity index (χ4n) is 4.18. The van der Waals surface area contributed by atoms with E-state index in [1.807, 2.05) is 12.1 Å². The molecular formula is C20H27NO3. The third-order valence-electron chi connectivity index (χ3n) is 5.39. The van der Waals surface area contributed by atoms with Crippen LogP contribution in [0.25, 0.3) is 0 Å². The lowest BCUT2D eigenvalue weighted by molar-refractivity contribution is -0.137. The quantitative estimate of drug-likeness (QED) is 0.815. The zero-order valence-corrected chi connectivity index (χ0v) is 14.5. The number of carbonyl (C=O) groups is 2. The molecule has 4 heteroatoms. The van der Waals surface area contributed by atoms with E-state index in [0.29, 0.717) is 18.0 Å². The van der Waals surface area contributed by atoms with Crippen molar-refractivity contribution < 1.29 is 14.7 Å². The summed E-state index contributed by atoms with van der Waals surface area (Å²) in [5, 5.41) is 9.25. The molecule has 1 aromatic carbocycles. The van der Waals surface area contributed by atoms with Gasteiger partial charge in [0.15, 0.2) is 5.78 Å². The normalized spacial score (nSPS) is 22.1. The van der Waals surface area contributed by atoms with Crippen LogP contribution in [-0.4, -0.2) is 41.4 Å². The van der Waals surface area contributed by atoms with Gasteiger partial charge in [0, 0.05) is 24.6 Å². The Hall–Kier alpha value is -1.68. The fourth-order valence-corrected chi connectivity index (χ4v) is 4.18. The first kappa shape index (κ1) is 17.2. The summed E-state index contributed by atoms with van der Waals surface area (Å²) < 4.78 is 0. The highest BCUT2D eigenvalue weighted by atomic mass is 16.4. The molecule has 2 atom stereocenters. The molecule has 0 saturated carbocycles. The highest BCUT2D eigenvalue weighted by Gasteiger charge is 2.28. The molecule has 2 unspecified atom stereocenters. The van der Waals surface area contributed by atoms with Crippen molar-refractivity contribution in [1.82, 2.24) is 4.90 Å². The molecule has 1 aromatic rings. The summed E-state index contributed by atoms with van der Waals surface area (Å²) >= 11 is 0. The molecule has 1 fully saturated rings. The average Bonchev–Trinajstić information content (AvgIpc) is 3.00. The van der Waals surface area contributed by atoms with Crippen molar-refractivity contribution in [2.75, 3.05) is 19.6 Å². The number of aliphatic carboxylic acids is 1. The van der Waals surface area contributed by atoms with Gasteiger partial charge >= 0.3 is 5.97 Å². The number of benzene rings is 1. The van der Waals surface area contributed by atoms with Gasteiger partial charge in [-0.3, -0.25) is 9.59 Å². The molecule has 3 rings (SSSR count). The van der Waals surface area contributed by atoms with Gasteiger partial charge in [-0.15, -0.1) is 0 Å². The van der Waals surface area contributed by atoms with Crippen molar-refractivity contribution in [3.63, 3.8) is 0 Å². The van der Waals surface area contributed by atoms with Crippen LogP contribution in [0.1, 0.15) is 54.1 Å². The predicted octanol–water partition coefficient (Wildman–Crippen LogP) is 3.18. The minimum Gasteiger partial charge on any atom is -0.481 e. The van der Waals surface area contributed by atoms with E-state index >= 15 is 0 Å². The van der Waals surface area contributed by atoms with Crippen LogP contribution in [0.5, 0.6) is 0 Å². The van der Waals surface area contributed by atoms with Gasteiger partial charge in [-0.2, -0.15) is 0 Å². The third kappa shape index (κ3) is 4.04. The molecule has 0 radical (unpaired) electrons. The molecule has 130 valence electrons. The van der Waals surface area contributed by atoms with Crippen molar-refractivity contribution in [2.24, 2.45) is 11.8 Å². The molecule has 1 N–H and O–H groups in total. The second-order valence-corrected chi connectivity index (χ2v) is 7.50. The molecule has 0 bridgehead atoms. The van der Waals surface area contributed by atoms with Crippen LogP contribution in [0.4, 0.5) is 0 Å². The fraction of sp³-hybridized carbons (Fsp3) is 0.600. The van der Waals surface area contributed by atoms with E-state index in [2.05, 4.69) is 17.9 Å². The maximum Gasteiger partial charge on any atom is 0.304 e. The van der Waals surface area contributed by atoms with Crippen molar-refractivity contribution in [1.29, 1.82) is 0 Å². The second kappa shape index (κ2) is 7.47. The predicted molar refractivity (Wildman–Crippen MR) is 93.4 cm³/mol. The molecule has 1 aliphatic heterocycles. The van der Waals surface area contributed by atoms with E-state index in [-0.39, 0.29) is 12.2 Å². The summed E-state index contributed by atoms with van der Waals surface area (Å²) in [4.78, 5) is 26.5. The summed E-state index contributed by atoms with van der Waals surface area (Å²) in [5.41, 5.74) is 3.29. The van der Waals surface area contributed by atoms with Crippen LogP contribution in [-0.2, 0) is 17.6 Å². The molecule has 0 amide bonds. The SMILES string of the molecule is CC1CCCN(CC(CC(=O)O)C(=O)c2ccc3c(c2)CCC3)C1. The van der Waals surface area contributed by atoms with Crippen molar-refractivity contribution in [3.8, 4) is 0 Å². The van der Waals surface area contributed by atoms with Gasteiger partial charge in [0.25, 0.3) is 0 Å². The highest BCUT2D eigenvalue weighted by molar-refractivity contribution is 5.99. The van der Waals surface area contributed by atoms with E-state index in [0.717, 1.165) is 38.8 Å². The Bertz CT molecular complexity index is 625. The van der Waals surface area contributed by atoms with Crippen molar-refractivity contribution in [3.05, 3.63) is 34.9 Å². The number of rotatable bonds is 6. The number of aryl methyl sites for hydroxylation is 2. The highest BCUT2D eigenvalue weighted by Crippen LogP contribution is 2.25. The number of piperidine rings is 1. The van der Waals surface area contributed by atoms with E-state index in [9.17, 15) is 14.7 Å². The smallest absolute Gasteiger partial charge is 0.304 e. The van der Waals surface area contributed by atoms with Gasteiger partial charge in [0.2, 0.25) is 0 Å². The monoisotopic (exact) mass is 329 g/mol. The summed E-state index contributed by atoms with van der Waals surface area (Å²) in [6, 6.07) is 5.94. The zero-order valence-electron chi connectivity index (χ0n) is 14.5. The molecule has 4 nitrogen and oxygen atoms in total. The van der Waals surface area contributed by atoms with Crippen LogP contribution in [0, 0.1) is 11.8 Å². The van der Waals surface area contributed by atoms with E-state index < -0.39 is 11.9 Å². The average molecular weight is 329 g/mol. The number of carboxylic acids is 1. The Labute approximate surface area is 143 Å². The lowest BCUT2D eigenvalue weighted by atomic mass is 9.91. The maximum atomic E-state index is 12.9. The van der Waals surface area contributed by atoms with Crippen LogP contribution in [0.2, 0.25) is 0 Å². The molecular weight excluding hydrogens is 302 g/mol. The number of hydrogen-bond acceptors (Lipinski definition) is 3. The Morgan fingerprint density at radius 3 is 2.79 bits per heavy atom. The molecule has 1 heterocycles. The summed E-state index contributed by atoms with van der Waals surface area (Å²) in [6.07, 6.45) is 5.54. The lowest BCUT2D eigenvalue weighted by Gasteiger charge is -2.33. The molecule has 24 heavy (non-hydrogen) atoms. The van der Waals surface area contributed by atoms with E-state index in [1.54, 1.807) is 0 Å². The lowest BCUT2D eigenvalue weighted by Crippen LogP contribution is -2.40. The Morgan fingerprint density at radius 2 is 2.04 bits per heavy atom. The van der Waals surface area contributed by atoms with Crippen LogP contribution >= 0.6 is 0 Å². The third-order valence-corrected chi connectivity index (χ3v) is 5.39. The first-order chi connectivity index (χ1) is 11.5. The molecule has 0 aromatic heterocycles. The van der Waals surface area contributed by atoms with E-state index in [4.69, 9.17) is 0 Å². The number of likely N-dealkylation sites (tertiary alicyclic amines) is 1. The number of fused-ring (bicyclic) bond motifs is 1. The molecule has 1 aliphatic carbocycles. The minimum absolute atomic E-state index is 0.00896. The van der Waals surface area contributed by atoms with Gasteiger partial charge in [0.1, 0.15) is 0 Å². The van der Waals surface area contributed by atoms with E-state index in [1.165, 1.54) is 17.5 Å². The van der Waals surface area contributed by atoms with Gasteiger partial charge < -0.3 is 10.0 Å². The minimum atomic E-state index is -0.889. The number of carboxylic acid groups (broad SMARTS) is 1. The van der Waals surface area contributed by atoms with Gasteiger partial charge in [-0.25, -0.2) is 0 Å². The van der Waals surface area contributed by atoms with Gasteiger partial charge in [0.05, 0.1) is 6.42 Å². The summed E-state index contributed by atoms with van der Waals surface area (Å²) in [7, 11) is 0. The Morgan fingerprint density at radius 1 is 1.25 bits per heavy atom. The van der Waals surface area contributed by atoms with Crippen LogP contribution in [0.15, 0.2) is 18.2 Å². The van der Waals surface area contributed by atoms with Crippen molar-refractivity contribution >= 4 is 11.8 Å². The van der Waals surface area contributed by atoms with Gasteiger partial charge in [-0.05, 0) is 61.8 Å². The largest absolute Gasteiger partial charge is 0.481 e. The second-order valence-electron chi connectivity index (χ2n) is 7.50. The zero-order chi connectivity index (χ0) is 17.1.